The van der Waals surface area contributed by atoms with Crippen LogP contribution in [0, 0.1) is 0 Å². The highest BCUT2D eigenvalue weighted by Gasteiger charge is 2.06. The maximum Gasteiger partial charge on any atom is 0.154 e. The average Bonchev–Trinajstić information content (AvgIpc) is 2.55. The van der Waals surface area contributed by atoms with Gasteiger partial charge in [-0.3, -0.25) is 4.79 Å². The van der Waals surface area contributed by atoms with Gasteiger partial charge >= 0.3 is 0 Å². The molecule has 2 aromatic carbocycles. The van der Waals surface area contributed by atoms with E-state index in [1.807, 2.05) is 42.5 Å². The van der Waals surface area contributed by atoms with Crippen molar-refractivity contribution in [1.29, 1.82) is 0 Å². The number of carbonyl (C=O) groups is 1. The molecule has 0 radical (unpaired) electrons. The summed E-state index contributed by atoms with van der Waals surface area (Å²) >= 11 is 5.53. The van der Waals surface area contributed by atoms with Crippen molar-refractivity contribution in [3.05, 3.63) is 53.6 Å². The monoisotopic (exact) mass is 302 g/mol. The SMILES string of the molecule is COc1ccc(-c2ccc(/C=C(\C)C=O)c(OCl)c2)cc1. The zero-order chi connectivity index (χ0) is 15.2. The lowest BCUT2D eigenvalue weighted by atomic mass is 10.0. The van der Waals surface area contributed by atoms with Crippen molar-refractivity contribution in [3.63, 3.8) is 0 Å². The molecule has 21 heavy (non-hydrogen) atoms. The van der Waals surface area contributed by atoms with E-state index in [4.69, 9.17) is 20.9 Å². The van der Waals surface area contributed by atoms with Crippen molar-refractivity contribution >= 4 is 24.2 Å². The summed E-state index contributed by atoms with van der Waals surface area (Å²) < 4.78 is 10.0. The van der Waals surface area contributed by atoms with E-state index in [1.54, 1.807) is 20.1 Å². The summed E-state index contributed by atoms with van der Waals surface area (Å²) in [6, 6.07) is 13.3. The molecule has 2 rings (SSSR count). The number of aldehydes is 1. The van der Waals surface area contributed by atoms with Crippen molar-refractivity contribution in [2.45, 2.75) is 6.92 Å². The average molecular weight is 303 g/mol. The van der Waals surface area contributed by atoms with Crippen molar-refractivity contribution < 1.29 is 13.8 Å². The molecule has 0 aliphatic carbocycles. The molecule has 4 heteroatoms. The van der Waals surface area contributed by atoms with Gasteiger partial charge in [-0.25, -0.2) is 0 Å². The third-order valence-electron chi connectivity index (χ3n) is 3.09. The van der Waals surface area contributed by atoms with Crippen LogP contribution in [0.3, 0.4) is 0 Å². The van der Waals surface area contributed by atoms with Gasteiger partial charge in [0.05, 0.1) is 7.11 Å². The van der Waals surface area contributed by atoms with Crippen LogP contribution in [-0.2, 0) is 4.79 Å². The number of hydrogen-bond acceptors (Lipinski definition) is 3. The Bertz CT molecular complexity index is 660. The molecule has 0 amide bonds. The van der Waals surface area contributed by atoms with Gasteiger partial charge in [0.2, 0.25) is 0 Å². The number of benzene rings is 2. The fraction of sp³-hybridized carbons (Fsp3) is 0.118. The maximum atomic E-state index is 10.7. The van der Waals surface area contributed by atoms with Crippen LogP contribution in [0.4, 0.5) is 0 Å². The molecule has 0 saturated carbocycles. The third-order valence-corrected chi connectivity index (χ3v) is 3.26. The Morgan fingerprint density at radius 2 is 1.76 bits per heavy atom. The van der Waals surface area contributed by atoms with E-state index in [9.17, 15) is 4.79 Å². The van der Waals surface area contributed by atoms with Gasteiger partial charge < -0.3 is 9.03 Å². The molecule has 0 unspecified atom stereocenters. The minimum Gasteiger partial charge on any atom is -0.497 e. The van der Waals surface area contributed by atoms with Gasteiger partial charge in [-0.1, -0.05) is 24.3 Å². The summed E-state index contributed by atoms with van der Waals surface area (Å²) in [5.41, 5.74) is 3.34. The molecule has 0 N–H and O–H groups in total. The molecule has 0 atom stereocenters. The maximum absolute atomic E-state index is 10.7. The number of rotatable bonds is 5. The van der Waals surface area contributed by atoms with Crippen LogP contribution in [-0.4, -0.2) is 13.4 Å². The Balaban J connectivity index is 2.40. The van der Waals surface area contributed by atoms with Gasteiger partial charge in [0.25, 0.3) is 0 Å². The van der Waals surface area contributed by atoms with Gasteiger partial charge in [-0.2, -0.15) is 0 Å². The largest absolute Gasteiger partial charge is 0.497 e. The number of allylic oxidation sites excluding steroid dienone is 1. The quantitative estimate of drug-likeness (QED) is 0.602. The Hall–Kier alpha value is -2.26. The first-order chi connectivity index (χ1) is 10.2. The zero-order valence-corrected chi connectivity index (χ0v) is 12.6. The molecule has 0 saturated heterocycles. The first-order valence-corrected chi connectivity index (χ1v) is 6.69. The highest BCUT2D eigenvalue weighted by atomic mass is 35.5. The predicted molar refractivity (Wildman–Crippen MR) is 84.6 cm³/mol. The molecule has 0 aliphatic rings. The second kappa shape index (κ2) is 6.95. The van der Waals surface area contributed by atoms with Crippen LogP contribution in [0.15, 0.2) is 48.0 Å². The standard InChI is InChI=1S/C17H15ClO3/c1-12(11-19)9-15-4-3-14(10-17(15)21-18)13-5-7-16(20-2)8-6-13/h3-11H,1-2H3/b12-9+. The summed E-state index contributed by atoms with van der Waals surface area (Å²) in [5, 5.41) is 0. The van der Waals surface area contributed by atoms with E-state index in [0.29, 0.717) is 11.3 Å². The number of ether oxygens (including phenoxy) is 1. The molecule has 3 nitrogen and oxygen atoms in total. The lowest BCUT2D eigenvalue weighted by Gasteiger charge is -2.08. The highest BCUT2D eigenvalue weighted by molar-refractivity contribution is 6.09. The van der Waals surface area contributed by atoms with Gasteiger partial charge in [0.15, 0.2) is 5.75 Å². The summed E-state index contributed by atoms with van der Waals surface area (Å²) in [7, 11) is 1.63. The Morgan fingerprint density at radius 3 is 2.33 bits per heavy atom. The molecular formula is C17H15ClO3. The van der Waals surface area contributed by atoms with Gasteiger partial charge in [-0.15, -0.1) is 0 Å². The Labute approximate surface area is 128 Å². The predicted octanol–water partition coefficient (Wildman–Crippen LogP) is 4.50. The third kappa shape index (κ3) is 3.64. The van der Waals surface area contributed by atoms with Crippen LogP contribution >= 0.6 is 11.9 Å². The van der Waals surface area contributed by atoms with Crippen LogP contribution in [0.1, 0.15) is 12.5 Å². The summed E-state index contributed by atoms with van der Waals surface area (Å²) in [6.07, 6.45) is 2.51. The van der Waals surface area contributed by atoms with Gasteiger partial charge in [0, 0.05) is 5.56 Å². The lowest BCUT2D eigenvalue weighted by Crippen LogP contribution is -1.87. The van der Waals surface area contributed by atoms with Crippen molar-refractivity contribution in [2.24, 2.45) is 0 Å². The van der Waals surface area contributed by atoms with E-state index in [0.717, 1.165) is 28.7 Å². The molecule has 2 aromatic rings. The molecule has 0 heterocycles. The normalized spacial score (nSPS) is 11.1. The molecular weight excluding hydrogens is 288 g/mol. The van der Waals surface area contributed by atoms with E-state index in [1.165, 1.54) is 0 Å². The lowest BCUT2D eigenvalue weighted by molar-refractivity contribution is -0.104. The summed E-state index contributed by atoms with van der Waals surface area (Å²) in [5.74, 6) is 1.31. The summed E-state index contributed by atoms with van der Waals surface area (Å²) in [6.45, 7) is 1.72. The first kappa shape index (κ1) is 15.1. The second-order valence-electron chi connectivity index (χ2n) is 4.56. The molecule has 0 fully saturated rings. The molecule has 0 aromatic heterocycles. The molecule has 0 bridgehead atoms. The van der Waals surface area contributed by atoms with E-state index < -0.39 is 0 Å². The highest BCUT2D eigenvalue weighted by Crippen LogP contribution is 2.30. The summed E-state index contributed by atoms with van der Waals surface area (Å²) in [4.78, 5) is 10.7. The van der Waals surface area contributed by atoms with Crippen molar-refractivity contribution in [3.8, 4) is 22.6 Å². The Kier molecular flexibility index (Phi) is 5.01. The van der Waals surface area contributed by atoms with Crippen molar-refractivity contribution in [2.75, 3.05) is 7.11 Å². The van der Waals surface area contributed by atoms with E-state index in [2.05, 4.69) is 0 Å². The second-order valence-corrected chi connectivity index (χ2v) is 4.72. The first-order valence-electron chi connectivity index (χ1n) is 6.38. The van der Waals surface area contributed by atoms with Gasteiger partial charge in [0.1, 0.15) is 23.9 Å². The fourth-order valence-corrected chi connectivity index (χ4v) is 2.10. The zero-order valence-electron chi connectivity index (χ0n) is 11.8. The van der Waals surface area contributed by atoms with E-state index in [-0.39, 0.29) is 0 Å². The number of methoxy groups -OCH3 is 1. The van der Waals surface area contributed by atoms with Crippen LogP contribution < -0.4 is 9.03 Å². The smallest absolute Gasteiger partial charge is 0.154 e. The fourth-order valence-electron chi connectivity index (χ4n) is 1.96. The number of carbonyl (C=O) groups excluding carboxylic acids is 1. The van der Waals surface area contributed by atoms with Gasteiger partial charge in [-0.05, 0) is 47.9 Å². The van der Waals surface area contributed by atoms with Crippen LogP contribution in [0.5, 0.6) is 11.5 Å². The van der Waals surface area contributed by atoms with E-state index >= 15 is 0 Å². The molecule has 0 spiro atoms. The minimum atomic E-state index is 0.506. The molecule has 108 valence electrons. The van der Waals surface area contributed by atoms with Crippen LogP contribution in [0.25, 0.3) is 17.2 Å². The Morgan fingerprint density at radius 1 is 1.10 bits per heavy atom. The minimum absolute atomic E-state index is 0.506. The number of halogens is 1. The number of hydrogen-bond donors (Lipinski definition) is 0. The van der Waals surface area contributed by atoms with Crippen molar-refractivity contribution in [1.82, 2.24) is 0 Å². The van der Waals surface area contributed by atoms with Crippen LogP contribution in [0.2, 0.25) is 0 Å². The molecule has 0 aliphatic heterocycles. The topological polar surface area (TPSA) is 35.5 Å².